The van der Waals surface area contributed by atoms with Gasteiger partial charge < -0.3 is 5.32 Å². The lowest BCUT2D eigenvalue weighted by Gasteiger charge is -2.05. The molecule has 1 heterocycles. The predicted molar refractivity (Wildman–Crippen MR) is 73.4 cm³/mol. The molecule has 0 saturated heterocycles. The minimum atomic E-state index is -0.230. The van der Waals surface area contributed by atoms with Crippen molar-refractivity contribution in [3.8, 4) is 0 Å². The molecular weight excluding hydrogens is 262 g/mol. The number of nitrogens with one attached hydrogen (secondary N) is 1. The lowest BCUT2D eigenvalue weighted by Crippen LogP contribution is -2.14. The molecule has 1 amide bonds. The number of hydrogen-bond acceptors (Lipinski definition) is 3. The Morgan fingerprint density at radius 3 is 2.63 bits per heavy atom. The van der Waals surface area contributed by atoms with E-state index in [1.165, 1.54) is 6.33 Å². The van der Waals surface area contributed by atoms with Crippen LogP contribution in [0.3, 0.4) is 0 Å². The first kappa shape index (κ1) is 12.1. The van der Waals surface area contributed by atoms with E-state index in [1.54, 1.807) is 30.3 Å². The average molecular weight is 274 g/mol. The second-order valence-electron chi connectivity index (χ2n) is 4.56. The highest BCUT2D eigenvalue weighted by Crippen LogP contribution is 2.38. The van der Waals surface area contributed by atoms with E-state index in [-0.39, 0.29) is 5.91 Å². The number of amides is 1. The standard InChI is InChI=1S/C14H12ClN3O/c15-10-3-5-11(6-4-10)18-14(19)13-7-12(9-1-2-9)16-8-17-13/h3-9H,1-2H2,(H,18,19). The summed E-state index contributed by atoms with van der Waals surface area (Å²) in [4.78, 5) is 20.3. The molecule has 4 nitrogen and oxygen atoms in total. The van der Waals surface area contributed by atoms with Crippen LogP contribution in [0.1, 0.15) is 34.9 Å². The van der Waals surface area contributed by atoms with Gasteiger partial charge in [0, 0.05) is 22.3 Å². The Morgan fingerprint density at radius 1 is 1.21 bits per heavy atom. The fourth-order valence-electron chi connectivity index (χ4n) is 1.83. The number of halogens is 1. The van der Waals surface area contributed by atoms with Crippen LogP contribution in [-0.2, 0) is 0 Å². The van der Waals surface area contributed by atoms with Crippen LogP contribution in [0.5, 0.6) is 0 Å². The molecule has 2 aromatic rings. The summed E-state index contributed by atoms with van der Waals surface area (Å²) in [6, 6.07) is 8.73. The largest absolute Gasteiger partial charge is 0.321 e. The molecule has 3 rings (SSSR count). The van der Waals surface area contributed by atoms with Crippen molar-refractivity contribution < 1.29 is 4.79 Å². The number of hydrogen-bond donors (Lipinski definition) is 1. The van der Waals surface area contributed by atoms with Crippen LogP contribution in [0.4, 0.5) is 5.69 Å². The third-order valence-corrected chi connectivity index (χ3v) is 3.27. The van der Waals surface area contributed by atoms with Crippen LogP contribution in [0, 0.1) is 0 Å². The molecule has 0 unspecified atom stereocenters. The molecule has 0 bridgehead atoms. The van der Waals surface area contributed by atoms with E-state index >= 15 is 0 Å². The van der Waals surface area contributed by atoms with Gasteiger partial charge in [0.25, 0.3) is 5.91 Å². The van der Waals surface area contributed by atoms with E-state index in [1.807, 2.05) is 0 Å². The Bertz CT molecular complexity index is 608. The Kier molecular flexibility index (Phi) is 3.17. The second-order valence-corrected chi connectivity index (χ2v) is 5.00. The summed E-state index contributed by atoms with van der Waals surface area (Å²) in [7, 11) is 0. The molecule has 1 fully saturated rings. The minimum Gasteiger partial charge on any atom is -0.321 e. The van der Waals surface area contributed by atoms with Crippen molar-refractivity contribution in [2.45, 2.75) is 18.8 Å². The number of nitrogens with zero attached hydrogens (tertiary/aromatic N) is 2. The fraction of sp³-hybridized carbons (Fsp3) is 0.214. The average Bonchev–Trinajstić information content (AvgIpc) is 3.26. The second kappa shape index (κ2) is 4.97. The third kappa shape index (κ3) is 2.90. The quantitative estimate of drug-likeness (QED) is 0.934. The summed E-state index contributed by atoms with van der Waals surface area (Å²) in [5.74, 6) is 0.275. The van der Waals surface area contributed by atoms with Gasteiger partial charge in [-0.15, -0.1) is 0 Å². The molecule has 1 aromatic carbocycles. The van der Waals surface area contributed by atoms with Crippen LogP contribution in [0.15, 0.2) is 36.7 Å². The molecular formula is C14H12ClN3O. The molecule has 1 N–H and O–H groups in total. The van der Waals surface area contributed by atoms with Crippen molar-refractivity contribution in [2.24, 2.45) is 0 Å². The lowest BCUT2D eigenvalue weighted by atomic mass is 10.2. The molecule has 0 aliphatic heterocycles. The predicted octanol–water partition coefficient (Wildman–Crippen LogP) is 3.26. The van der Waals surface area contributed by atoms with Gasteiger partial charge in [0.1, 0.15) is 12.0 Å². The summed E-state index contributed by atoms with van der Waals surface area (Å²) in [6.07, 6.45) is 3.74. The van der Waals surface area contributed by atoms with Gasteiger partial charge >= 0.3 is 0 Å². The zero-order valence-corrected chi connectivity index (χ0v) is 10.9. The van der Waals surface area contributed by atoms with Crippen molar-refractivity contribution in [2.75, 3.05) is 5.32 Å². The van der Waals surface area contributed by atoms with Crippen LogP contribution in [0.2, 0.25) is 5.02 Å². The Balaban J connectivity index is 1.76. The van der Waals surface area contributed by atoms with Gasteiger partial charge in [-0.05, 0) is 43.2 Å². The maximum Gasteiger partial charge on any atom is 0.274 e. The normalized spacial score (nSPS) is 14.2. The summed E-state index contributed by atoms with van der Waals surface area (Å²) < 4.78 is 0. The number of carbonyl (C=O) groups excluding carboxylic acids is 1. The van der Waals surface area contributed by atoms with Crippen LogP contribution >= 0.6 is 11.6 Å². The molecule has 1 aliphatic carbocycles. The third-order valence-electron chi connectivity index (χ3n) is 3.02. The first-order chi connectivity index (χ1) is 9.22. The van der Waals surface area contributed by atoms with Crippen molar-refractivity contribution in [1.29, 1.82) is 0 Å². The zero-order valence-electron chi connectivity index (χ0n) is 10.1. The van der Waals surface area contributed by atoms with Crippen molar-refractivity contribution in [1.82, 2.24) is 9.97 Å². The first-order valence-corrected chi connectivity index (χ1v) is 6.49. The SMILES string of the molecule is O=C(Nc1ccc(Cl)cc1)c1cc(C2CC2)ncn1. The molecule has 0 radical (unpaired) electrons. The summed E-state index contributed by atoms with van der Waals surface area (Å²) in [6.45, 7) is 0. The van der Waals surface area contributed by atoms with Gasteiger partial charge in [0.05, 0.1) is 0 Å². The summed E-state index contributed by atoms with van der Waals surface area (Å²) >= 11 is 5.79. The molecule has 96 valence electrons. The fourth-order valence-corrected chi connectivity index (χ4v) is 1.95. The maximum absolute atomic E-state index is 12.1. The van der Waals surface area contributed by atoms with Crippen LogP contribution in [0.25, 0.3) is 0 Å². The van der Waals surface area contributed by atoms with Crippen LogP contribution in [-0.4, -0.2) is 15.9 Å². The number of benzene rings is 1. The van der Waals surface area contributed by atoms with Gasteiger partial charge in [-0.25, -0.2) is 9.97 Å². The number of anilines is 1. The summed E-state index contributed by atoms with van der Waals surface area (Å²) in [5, 5.41) is 3.42. The van der Waals surface area contributed by atoms with Gasteiger partial charge in [-0.3, -0.25) is 4.79 Å². The number of aromatic nitrogens is 2. The van der Waals surface area contributed by atoms with Gasteiger partial charge in [-0.2, -0.15) is 0 Å². The minimum absolute atomic E-state index is 0.230. The molecule has 1 aromatic heterocycles. The Hall–Kier alpha value is -1.94. The van der Waals surface area contributed by atoms with E-state index in [0.29, 0.717) is 22.3 Å². The van der Waals surface area contributed by atoms with E-state index < -0.39 is 0 Å². The highest BCUT2D eigenvalue weighted by Gasteiger charge is 2.25. The molecule has 5 heteroatoms. The van der Waals surface area contributed by atoms with E-state index in [4.69, 9.17) is 11.6 Å². The molecule has 1 saturated carbocycles. The van der Waals surface area contributed by atoms with Gasteiger partial charge in [0.2, 0.25) is 0 Å². The molecule has 0 spiro atoms. The Labute approximate surface area is 115 Å². The maximum atomic E-state index is 12.1. The van der Waals surface area contributed by atoms with E-state index in [9.17, 15) is 4.79 Å². The van der Waals surface area contributed by atoms with Gasteiger partial charge in [-0.1, -0.05) is 11.6 Å². The Morgan fingerprint density at radius 2 is 1.95 bits per heavy atom. The van der Waals surface area contributed by atoms with Gasteiger partial charge in [0.15, 0.2) is 0 Å². The highest BCUT2D eigenvalue weighted by atomic mass is 35.5. The smallest absolute Gasteiger partial charge is 0.274 e. The van der Waals surface area contributed by atoms with Crippen molar-refractivity contribution >= 4 is 23.2 Å². The number of rotatable bonds is 3. The van der Waals surface area contributed by atoms with Crippen molar-refractivity contribution in [3.05, 3.63) is 53.1 Å². The topological polar surface area (TPSA) is 54.9 Å². The summed E-state index contributed by atoms with van der Waals surface area (Å²) in [5.41, 5.74) is 2.05. The molecule has 19 heavy (non-hydrogen) atoms. The monoisotopic (exact) mass is 273 g/mol. The first-order valence-electron chi connectivity index (χ1n) is 6.11. The lowest BCUT2D eigenvalue weighted by molar-refractivity contribution is 0.102. The molecule has 1 aliphatic rings. The van der Waals surface area contributed by atoms with Crippen LogP contribution < -0.4 is 5.32 Å². The number of carbonyl (C=O) groups is 1. The zero-order chi connectivity index (χ0) is 13.2. The van der Waals surface area contributed by atoms with E-state index in [0.717, 1.165) is 18.5 Å². The highest BCUT2D eigenvalue weighted by molar-refractivity contribution is 6.30. The van der Waals surface area contributed by atoms with E-state index in [2.05, 4.69) is 15.3 Å². The molecule has 0 atom stereocenters. The van der Waals surface area contributed by atoms with Crippen molar-refractivity contribution in [3.63, 3.8) is 0 Å².